The summed E-state index contributed by atoms with van der Waals surface area (Å²) in [6, 6.07) is 13.0. The molecule has 2 fully saturated rings. The zero-order valence-corrected chi connectivity index (χ0v) is 16.3. The monoisotopic (exact) mass is 407 g/mol. The number of amides is 3. The Balaban J connectivity index is 1.66. The molecular weight excluding hydrogens is 386 g/mol. The van der Waals surface area contributed by atoms with Gasteiger partial charge in [-0.05, 0) is 37.1 Å². The molecule has 0 N–H and O–H groups in total. The minimum absolute atomic E-state index is 0.0665. The smallest absolute Gasteiger partial charge is 0.269 e. The van der Waals surface area contributed by atoms with Crippen LogP contribution >= 0.6 is 0 Å². The van der Waals surface area contributed by atoms with E-state index in [4.69, 9.17) is 0 Å². The summed E-state index contributed by atoms with van der Waals surface area (Å²) in [4.78, 5) is 52.3. The SMILES string of the molecule is O=C1CC(N(C(=O)c2ccc([N+](=O)[O-])cc2)C2CCCC2)C(=O)N1c1ccccc1. The lowest BCUT2D eigenvalue weighted by Gasteiger charge is -2.33. The van der Waals surface area contributed by atoms with Gasteiger partial charge in [0.1, 0.15) is 6.04 Å². The first-order chi connectivity index (χ1) is 14.5. The Kier molecular flexibility index (Phi) is 5.31. The standard InChI is InChI=1S/C22H21N3O5/c26-20-14-19(22(28)24(20)17-6-2-1-3-7-17)23(16-8-4-5-9-16)21(27)15-10-12-18(13-11-15)25(29)30/h1-3,6-7,10-13,16,19H,4-5,8-9,14H2. The number of carbonyl (C=O) groups is 3. The molecule has 1 unspecified atom stereocenters. The van der Waals surface area contributed by atoms with Crippen molar-refractivity contribution >= 4 is 29.1 Å². The summed E-state index contributed by atoms with van der Waals surface area (Å²) < 4.78 is 0. The van der Waals surface area contributed by atoms with E-state index in [1.807, 2.05) is 0 Å². The van der Waals surface area contributed by atoms with E-state index in [1.165, 1.54) is 29.2 Å². The molecule has 154 valence electrons. The number of non-ortho nitro benzene ring substituents is 1. The van der Waals surface area contributed by atoms with Gasteiger partial charge in [0.2, 0.25) is 5.91 Å². The molecule has 8 nitrogen and oxygen atoms in total. The van der Waals surface area contributed by atoms with Gasteiger partial charge in [0, 0.05) is 23.7 Å². The van der Waals surface area contributed by atoms with Gasteiger partial charge in [-0.1, -0.05) is 31.0 Å². The number of imide groups is 1. The summed E-state index contributed by atoms with van der Waals surface area (Å²) in [6.45, 7) is 0. The normalized spacial score (nSPS) is 19.3. The molecule has 30 heavy (non-hydrogen) atoms. The van der Waals surface area contributed by atoms with Crippen molar-refractivity contribution in [3.63, 3.8) is 0 Å². The number of para-hydroxylation sites is 1. The van der Waals surface area contributed by atoms with E-state index in [2.05, 4.69) is 0 Å². The fraction of sp³-hybridized carbons (Fsp3) is 0.318. The quantitative estimate of drug-likeness (QED) is 0.430. The Labute approximate surface area is 173 Å². The Morgan fingerprint density at radius 1 is 1.00 bits per heavy atom. The van der Waals surface area contributed by atoms with Gasteiger partial charge in [-0.2, -0.15) is 0 Å². The molecule has 4 rings (SSSR count). The van der Waals surface area contributed by atoms with Gasteiger partial charge >= 0.3 is 0 Å². The van der Waals surface area contributed by atoms with Crippen LogP contribution in [0.5, 0.6) is 0 Å². The maximum atomic E-state index is 13.4. The lowest BCUT2D eigenvalue weighted by atomic mass is 10.1. The predicted octanol–water partition coefficient (Wildman–Crippen LogP) is 3.31. The topological polar surface area (TPSA) is 101 Å². The molecule has 1 aliphatic carbocycles. The number of rotatable bonds is 5. The van der Waals surface area contributed by atoms with Crippen LogP contribution in [-0.2, 0) is 9.59 Å². The summed E-state index contributed by atoms with van der Waals surface area (Å²) in [7, 11) is 0. The van der Waals surface area contributed by atoms with E-state index >= 15 is 0 Å². The summed E-state index contributed by atoms with van der Waals surface area (Å²) in [5, 5.41) is 10.9. The minimum atomic E-state index is -0.872. The summed E-state index contributed by atoms with van der Waals surface area (Å²) >= 11 is 0. The molecule has 1 heterocycles. The van der Waals surface area contributed by atoms with Crippen molar-refractivity contribution in [2.75, 3.05) is 4.90 Å². The molecule has 2 aromatic rings. The van der Waals surface area contributed by atoms with Gasteiger partial charge in [-0.15, -0.1) is 0 Å². The lowest BCUT2D eigenvalue weighted by Crippen LogP contribution is -2.50. The Bertz CT molecular complexity index is 984. The highest BCUT2D eigenvalue weighted by Crippen LogP contribution is 2.32. The number of carbonyl (C=O) groups excluding carboxylic acids is 3. The van der Waals surface area contributed by atoms with Gasteiger partial charge in [-0.25, -0.2) is 4.90 Å². The first-order valence-corrected chi connectivity index (χ1v) is 9.96. The van der Waals surface area contributed by atoms with Gasteiger partial charge < -0.3 is 4.90 Å². The Morgan fingerprint density at radius 3 is 2.23 bits per heavy atom. The average Bonchev–Trinajstić information content (AvgIpc) is 3.37. The minimum Gasteiger partial charge on any atom is -0.323 e. The molecule has 2 aromatic carbocycles. The van der Waals surface area contributed by atoms with E-state index in [0.29, 0.717) is 5.69 Å². The van der Waals surface area contributed by atoms with Crippen LogP contribution in [-0.4, -0.2) is 39.6 Å². The van der Waals surface area contributed by atoms with Crippen LogP contribution in [0.15, 0.2) is 54.6 Å². The highest BCUT2D eigenvalue weighted by molar-refractivity contribution is 6.23. The first kappa shape index (κ1) is 19.8. The largest absolute Gasteiger partial charge is 0.323 e. The number of nitro benzene ring substituents is 1. The molecule has 2 aliphatic rings. The number of benzene rings is 2. The van der Waals surface area contributed by atoms with E-state index in [0.717, 1.165) is 30.6 Å². The molecule has 3 amide bonds. The second-order valence-corrected chi connectivity index (χ2v) is 7.58. The van der Waals surface area contributed by atoms with Gasteiger partial charge in [-0.3, -0.25) is 24.5 Å². The maximum absolute atomic E-state index is 13.4. The number of hydrogen-bond donors (Lipinski definition) is 0. The average molecular weight is 407 g/mol. The van der Waals surface area contributed by atoms with Crippen molar-refractivity contribution in [3.05, 3.63) is 70.3 Å². The lowest BCUT2D eigenvalue weighted by molar-refractivity contribution is -0.384. The maximum Gasteiger partial charge on any atom is 0.269 e. The Morgan fingerprint density at radius 2 is 1.63 bits per heavy atom. The van der Waals surface area contributed by atoms with E-state index in [-0.39, 0.29) is 35.5 Å². The van der Waals surface area contributed by atoms with E-state index in [1.54, 1.807) is 30.3 Å². The number of nitro groups is 1. The summed E-state index contributed by atoms with van der Waals surface area (Å²) in [6.07, 6.45) is 3.37. The third kappa shape index (κ3) is 3.56. The molecule has 1 saturated heterocycles. The zero-order chi connectivity index (χ0) is 21.3. The van der Waals surface area contributed by atoms with Crippen molar-refractivity contribution in [2.24, 2.45) is 0 Å². The molecular formula is C22H21N3O5. The van der Waals surface area contributed by atoms with Crippen molar-refractivity contribution in [1.29, 1.82) is 0 Å². The van der Waals surface area contributed by atoms with Crippen LogP contribution < -0.4 is 4.90 Å². The molecule has 1 saturated carbocycles. The zero-order valence-electron chi connectivity index (χ0n) is 16.3. The summed E-state index contributed by atoms with van der Waals surface area (Å²) in [5.41, 5.74) is 0.649. The molecule has 0 aromatic heterocycles. The first-order valence-electron chi connectivity index (χ1n) is 9.96. The van der Waals surface area contributed by atoms with Crippen molar-refractivity contribution in [3.8, 4) is 0 Å². The van der Waals surface area contributed by atoms with Crippen LogP contribution in [0.4, 0.5) is 11.4 Å². The number of anilines is 1. The van der Waals surface area contributed by atoms with Gasteiger partial charge in [0.25, 0.3) is 17.5 Å². The van der Waals surface area contributed by atoms with Crippen LogP contribution in [0.1, 0.15) is 42.5 Å². The fourth-order valence-electron chi connectivity index (χ4n) is 4.30. The van der Waals surface area contributed by atoms with Gasteiger partial charge in [0.15, 0.2) is 0 Å². The molecule has 0 bridgehead atoms. The summed E-state index contributed by atoms with van der Waals surface area (Å²) in [5.74, 6) is -1.12. The molecule has 8 heteroatoms. The van der Waals surface area contributed by atoms with Crippen LogP contribution in [0, 0.1) is 10.1 Å². The predicted molar refractivity (Wildman–Crippen MR) is 109 cm³/mol. The molecule has 0 spiro atoms. The van der Waals surface area contributed by atoms with Crippen LogP contribution in [0.25, 0.3) is 0 Å². The van der Waals surface area contributed by atoms with Crippen molar-refractivity contribution < 1.29 is 19.3 Å². The van der Waals surface area contributed by atoms with Crippen molar-refractivity contribution in [2.45, 2.75) is 44.2 Å². The fourth-order valence-corrected chi connectivity index (χ4v) is 4.30. The highest BCUT2D eigenvalue weighted by Gasteiger charge is 2.47. The number of hydrogen-bond acceptors (Lipinski definition) is 5. The molecule has 1 atom stereocenters. The third-order valence-corrected chi connectivity index (χ3v) is 5.75. The van der Waals surface area contributed by atoms with E-state index < -0.39 is 16.9 Å². The second kappa shape index (κ2) is 8.06. The molecule has 0 radical (unpaired) electrons. The van der Waals surface area contributed by atoms with Crippen molar-refractivity contribution in [1.82, 2.24) is 4.90 Å². The van der Waals surface area contributed by atoms with Crippen LogP contribution in [0.2, 0.25) is 0 Å². The highest BCUT2D eigenvalue weighted by atomic mass is 16.6. The van der Waals surface area contributed by atoms with Gasteiger partial charge in [0.05, 0.1) is 17.0 Å². The number of nitrogens with zero attached hydrogens (tertiary/aromatic N) is 3. The second-order valence-electron chi connectivity index (χ2n) is 7.58. The Hall–Kier alpha value is -3.55. The molecule has 1 aliphatic heterocycles. The third-order valence-electron chi connectivity index (χ3n) is 5.75. The van der Waals surface area contributed by atoms with E-state index in [9.17, 15) is 24.5 Å². The van der Waals surface area contributed by atoms with Crippen LogP contribution in [0.3, 0.4) is 0 Å².